The molecule has 0 amide bonds. The van der Waals surface area contributed by atoms with Crippen molar-refractivity contribution >= 4 is 23.2 Å². The number of H-pyrrole nitrogens is 1. The van der Waals surface area contributed by atoms with Crippen LogP contribution in [0.25, 0.3) is 0 Å². The SMILES string of the molecule is Clc1ccc(CCN2CCN(Cc3ncn[nH]3)CC2)cc1Cl. The number of aromatic amines is 1. The summed E-state index contributed by atoms with van der Waals surface area (Å²) in [6, 6.07) is 5.88. The van der Waals surface area contributed by atoms with Crippen LogP contribution in [0.15, 0.2) is 24.5 Å². The molecule has 0 atom stereocenters. The van der Waals surface area contributed by atoms with Crippen LogP contribution in [-0.2, 0) is 13.0 Å². The van der Waals surface area contributed by atoms with E-state index in [0.717, 1.165) is 51.5 Å². The average molecular weight is 340 g/mol. The number of nitrogens with one attached hydrogen (secondary N) is 1. The van der Waals surface area contributed by atoms with Gasteiger partial charge in [-0.3, -0.25) is 10.00 Å². The molecular weight excluding hydrogens is 321 g/mol. The molecule has 0 radical (unpaired) electrons. The minimum atomic E-state index is 0.617. The van der Waals surface area contributed by atoms with Gasteiger partial charge in [0.15, 0.2) is 0 Å². The lowest BCUT2D eigenvalue weighted by Gasteiger charge is -2.34. The molecule has 0 unspecified atom stereocenters. The van der Waals surface area contributed by atoms with Gasteiger partial charge in [0.2, 0.25) is 0 Å². The summed E-state index contributed by atoms with van der Waals surface area (Å²) >= 11 is 12.0. The molecule has 22 heavy (non-hydrogen) atoms. The monoisotopic (exact) mass is 339 g/mol. The van der Waals surface area contributed by atoms with Gasteiger partial charge in [-0.1, -0.05) is 29.3 Å². The van der Waals surface area contributed by atoms with Crippen LogP contribution in [-0.4, -0.2) is 57.7 Å². The molecule has 1 N–H and O–H groups in total. The van der Waals surface area contributed by atoms with E-state index in [4.69, 9.17) is 23.2 Å². The molecular formula is C15H19Cl2N5. The number of aromatic nitrogens is 3. The van der Waals surface area contributed by atoms with Crippen molar-refractivity contribution in [3.05, 3.63) is 46.0 Å². The summed E-state index contributed by atoms with van der Waals surface area (Å²) in [6.07, 6.45) is 2.56. The average Bonchev–Trinajstić information content (AvgIpc) is 3.03. The normalized spacial score (nSPS) is 17.0. The van der Waals surface area contributed by atoms with E-state index in [0.29, 0.717) is 10.0 Å². The Morgan fingerprint density at radius 2 is 1.82 bits per heavy atom. The van der Waals surface area contributed by atoms with Crippen LogP contribution in [0.4, 0.5) is 0 Å². The van der Waals surface area contributed by atoms with Gasteiger partial charge in [-0.05, 0) is 24.1 Å². The zero-order valence-corrected chi connectivity index (χ0v) is 13.8. The zero-order chi connectivity index (χ0) is 15.4. The summed E-state index contributed by atoms with van der Waals surface area (Å²) < 4.78 is 0. The van der Waals surface area contributed by atoms with Gasteiger partial charge >= 0.3 is 0 Å². The van der Waals surface area contributed by atoms with Crippen LogP contribution in [0.2, 0.25) is 10.0 Å². The number of hydrogen-bond donors (Lipinski definition) is 1. The second-order valence-corrected chi connectivity index (χ2v) is 6.36. The Labute approximate surface area is 140 Å². The smallest absolute Gasteiger partial charge is 0.138 e. The number of benzene rings is 1. The highest BCUT2D eigenvalue weighted by molar-refractivity contribution is 6.42. The number of hydrogen-bond acceptors (Lipinski definition) is 4. The maximum Gasteiger partial charge on any atom is 0.138 e. The van der Waals surface area contributed by atoms with E-state index in [1.54, 1.807) is 6.33 Å². The molecule has 1 aromatic heterocycles. The molecule has 118 valence electrons. The van der Waals surface area contributed by atoms with Crippen LogP contribution in [0, 0.1) is 0 Å². The van der Waals surface area contributed by atoms with Gasteiger partial charge < -0.3 is 4.90 Å². The summed E-state index contributed by atoms with van der Waals surface area (Å²) in [5.41, 5.74) is 1.23. The van der Waals surface area contributed by atoms with E-state index in [1.165, 1.54) is 5.56 Å². The third-order valence-electron chi connectivity index (χ3n) is 4.00. The van der Waals surface area contributed by atoms with E-state index in [9.17, 15) is 0 Å². The van der Waals surface area contributed by atoms with Gasteiger partial charge in [0.25, 0.3) is 0 Å². The summed E-state index contributed by atoms with van der Waals surface area (Å²) in [5.74, 6) is 0.934. The van der Waals surface area contributed by atoms with E-state index in [1.807, 2.05) is 18.2 Å². The summed E-state index contributed by atoms with van der Waals surface area (Å²) in [5, 5.41) is 8.05. The lowest BCUT2D eigenvalue weighted by Crippen LogP contribution is -2.46. The third kappa shape index (κ3) is 4.20. The molecule has 1 aliphatic heterocycles. The van der Waals surface area contributed by atoms with Gasteiger partial charge in [0.05, 0.1) is 16.6 Å². The lowest BCUT2D eigenvalue weighted by atomic mass is 10.1. The Hall–Kier alpha value is -1.14. The Morgan fingerprint density at radius 3 is 2.50 bits per heavy atom. The Kier molecular flexibility index (Phi) is 5.31. The van der Waals surface area contributed by atoms with Crippen LogP contribution < -0.4 is 0 Å². The Morgan fingerprint density at radius 1 is 1.05 bits per heavy atom. The maximum atomic E-state index is 6.06. The highest BCUT2D eigenvalue weighted by Crippen LogP contribution is 2.22. The Bertz CT molecular complexity index is 594. The fraction of sp³-hybridized carbons (Fsp3) is 0.467. The predicted molar refractivity (Wildman–Crippen MR) is 88.3 cm³/mol. The Balaban J connectivity index is 1.43. The van der Waals surface area contributed by atoms with Crippen molar-refractivity contribution in [1.29, 1.82) is 0 Å². The molecule has 3 rings (SSSR count). The quantitative estimate of drug-likeness (QED) is 0.908. The molecule has 5 nitrogen and oxygen atoms in total. The first kappa shape index (κ1) is 15.7. The molecule has 1 fully saturated rings. The number of halogens is 2. The first-order valence-electron chi connectivity index (χ1n) is 7.43. The number of piperazine rings is 1. The largest absolute Gasteiger partial charge is 0.300 e. The van der Waals surface area contributed by atoms with Gasteiger partial charge in [-0.25, -0.2) is 4.98 Å². The summed E-state index contributed by atoms with van der Waals surface area (Å²) in [4.78, 5) is 9.06. The summed E-state index contributed by atoms with van der Waals surface area (Å²) in [6.45, 7) is 6.17. The van der Waals surface area contributed by atoms with Crippen molar-refractivity contribution < 1.29 is 0 Å². The van der Waals surface area contributed by atoms with Crippen LogP contribution in [0.5, 0.6) is 0 Å². The van der Waals surface area contributed by atoms with Crippen molar-refractivity contribution in [2.45, 2.75) is 13.0 Å². The molecule has 1 saturated heterocycles. The predicted octanol–water partition coefficient (Wildman–Crippen LogP) is 2.47. The highest BCUT2D eigenvalue weighted by Gasteiger charge is 2.17. The fourth-order valence-electron chi connectivity index (χ4n) is 2.67. The number of rotatable bonds is 5. The first-order valence-corrected chi connectivity index (χ1v) is 8.19. The second-order valence-electron chi connectivity index (χ2n) is 5.55. The minimum Gasteiger partial charge on any atom is -0.300 e. The highest BCUT2D eigenvalue weighted by atomic mass is 35.5. The molecule has 0 saturated carbocycles. The van der Waals surface area contributed by atoms with Gasteiger partial charge in [0.1, 0.15) is 12.2 Å². The fourth-order valence-corrected chi connectivity index (χ4v) is 2.99. The van der Waals surface area contributed by atoms with Crippen molar-refractivity contribution in [3.63, 3.8) is 0 Å². The van der Waals surface area contributed by atoms with Crippen molar-refractivity contribution in [1.82, 2.24) is 25.0 Å². The van der Waals surface area contributed by atoms with Crippen molar-refractivity contribution in [2.24, 2.45) is 0 Å². The molecule has 2 aromatic rings. The maximum absolute atomic E-state index is 6.06. The van der Waals surface area contributed by atoms with Crippen LogP contribution >= 0.6 is 23.2 Å². The van der Waals surface area contributed by atoms with Gasteiger partial charge in [-0.2, -0.15) is 5.10 Å². The molecule has 7 heteroatoms. The molecule has 1 aromatic carbocycles. The molecule has 0 spiro atoms. The molecule has 0 bridgehead atoms. The topological polar surface area (TPSA) is 48.1 Å². The van der Waals surface area contributed by atoms with E-state index >= 15 is 0 Å². The molecule has 2 heterocycles. The first-order chi connectivity index (χ1) is 10.7. The lowest BCUT2D eigenvalue weighted by molar-refractivity contribution is 0.126. The van der Waals surface area contributed by atoms with Gasteiger partial charge in [-0.15, -0.1) is 0 Å². The minimum absolute atomic E-state index is 0.617. The summed E-state index contributed by atoms with van der Waals surface area (Å²) in [7, 11) is 0. The van der Waals surface area contributed by atoms with Gasteiger partial charge in [0, 0.05) is 32.7 Å². The van der Waals surface area contributed by atoms with Crippen molar-refractivity contribution in [2.75, 3.05) is 32.7 Å². The van der Waals surface area contributed by atoms with E-state index in [-0.39, 0.29) is 0 Å². The zero-order valence-electron chi connectivity index (χ0n) is 12.3. The van der Waals surface area contributed by atoms with Crippen LogP contribution in [0.3, 0.4) is 0 Å². The number of nitrogens with zero attached hydrogens (tertiary/aromatic N) is 4. The molecule has 0 aliphatic carbocycles. The van der Waals surface area contributed by atoms with E-state index < -0.39 is 0 Å². The standard InChI is InChI=1S/C15H19Cl2N5/c16-13-2-1-12(9-14(13)17)3-4-21-5-7-22(8-6-21)10-15-18-11-19-20-15/h1-2,9,11H,3-8,10H2,(H,18,19,20). The molecule has 1 aliphatic rings. The van der Waals surface area contributed by atoms with Crippen molar-refractivity contribution in [3.8, 4) is 0 Å². The van der Waals surface area contributed by atoms with Crippen LogP contribution in [0.1, 0.15) is 11.4 Å². The van der Waals surface area contributed by atoms with E-state index in [2.05, 4.69) is 25.0 Å². The second kappa shape index (κ2) is 7.42. The third-order valence-corrected chi connectivity index (χ3v) is 4.74.